The Morgan fingerprint density at radius 3 is 3.12 bits per heavy atom. The molecule has 2 nitrogen and oxygen atoms in total. The van der Waals surface area contributed by atoms with E-state index in [9.17, 15) is 4.79 Å². The molecule has 0 spiro atoms. The van der Waals surface area contributed by atoms with Gasteiger partial charge in [0.2, 0.25) is 0 Å². The van der Waals surface area contributed by atoms with Crippen molar-refractivity contribution >= 4 is 33.5 Å². The second-order valence-corrected chi connectivity index (χ2v) is 5.74. The Morgan fingerprint density at radius 1 is 1.56 bits per heavy atom. The Kier molecular flexibility index (Phi) is 4.44. The molecular formula is C12H13BrO2S. The Balaban J connectivity index is 1.84. The van der Waals surface area contributed by atoms with Crippen LogP contribution in [-0.4, -0.2) is 24.7 Å². The molecule has 16 heavy (non-hydrogen) atoms. The zero-order valence-electron chi connectivity index (χ0n) is 8.82. The number of hydrogen-bond acceptors (Lipinski definition) is 3. The maximum absolute atomic E-state index is 11.8. The van der Waals surface area contributed by atoms with E-state index in [0.29, 0.717) is 18.1 Å². The summed E-state index contributed by atoms with van der Waals surface area (Å²) in [6, 6.07) is 8.02. The van der Waals surface area contributed by atoms with Crippen molar-refractivity contribution in [2.24, 2.45) is 5.92 Å². The molecule has 0 aliphatic carbocycles. The molecule has 1 heterocycles. The normalized spacial score (nSPS) is 19.9. The van der Waals surface area contributed by atoms with Gasteiger partial charge in [0.05, 0.1) is 12.4 Å². The second-order valence-electron chi connectivity index (χ2n) is 3.77. The van der Waals surface area contributed by atoms with Crippen molar-refractivity contribution in [1.29, 1.82) is 0 Å². The minimum atomic E-state index is 0.125. The van der Waals surface area contributed by atoms with E-state index in [4.69, 9.17) is 4.74 Å². The number of carbonyl (C=O) groups excluding carboxylic acids is 1. The van der Waals surface area contributed by atoms with Crippen LogP contribution < -0.4 is 0 Å². The van der Waals surface area contributed by atoms with Crippen molar-refractivity contribution in [2.45, 2.75) is 11.3 Å². The van der Waals surface area contributed by atoms with Gasteiger partial charge in [-0.15, -0.1) is 11.8 Å². The lowest BCUT2D eigenvalue weighted by Crippen LogP contribution is -2.16. The van der Waals surface area contributed by atoms with Crippen LogP contribution in [0.3, 0.4) is 0 Å². The molecule has 0 saturated carbocycles. The minimum absolute atomic E-state index is 0.125. The van der Waals surface area contributed by atoms with Crippen molar-refractivity contribution in [3.63, 3.8) is 0 Å². The topological polar surface area (TPSA) is 26.3 Å². The Hall–Kier alpha value is -0.320. The Labute approximate surface area is 108 Å². The molecule has 0 aromatic heterocycles. The summed E-state index contributed by atoms with van der Waals surface area (Å²) in [7, 11) is 0. The van der Waals surface area contributed by atoms with Crippen LogP contribution in [0, 0.1) is 5.92 Å². The molecule has 0 radical (unpaired) electrons. The lowest BCUT2D eigenvalue weighted by molar-refractivity contribution is -0.120. The second kappa shape index (κ2) is 5.84. The molecular weight excluding hydrogens is 288 g/mol. The van der Waals surface area contributed by atoms with Crippen molar-refractivity contribution in [1.82, 2.24) is 0 Å². The number of ether oxygens (including phenoxy) is 1. The van der Waals surface area contributed by atoms with Crippen molar-refractivity contribution in [3.8, 4) is 0 Å². The summed E-state index contributed by atoms with van der Waals surface area (Å²) in [5.74, 6) is 0.979. The van der Waals surface area contributed by atoms with Crippen LogP contribution in [0.15, 0.2) is 33.6 Å². The van der Waals surface area contributed by atoms with E-state index in [2.05, 4.69) is 15.9 Å². The molecule has 2 rings (SSSR count). The number of carbonyl (C=O) groups is 1. The highest BCUT2D eigenvalue weighted by atomic mass is 79.9. The van der Waals surface area contributed by atoms with Gasteiger partial charge >= 0.3 is 0 Å². The third-order valence-corrected chi connectivity index (χ3v) is 4.07. The Morgan fingerprint density at radius 2 is 2.44 bits per heavy atom. The summed E-state index contributed by atoms with van der Waals surface area (Å²) in [5.41, 5.74) is 0. The third-order valence-electron chi connectivity index (χ3n) is 2.56. The highest BCUT2D eigenvalue weighted by molar-refractivity contribution is 9.10. The molecule has 0 N–H and O–H groups in total. The van der Waals surface area contributed by atoms with E-state index in [1.807, 2.05) is 24.3 Å². The fourth-order valence-corrected chi connectivity index (χ4v) is 3.10. The molecule has 1 atom stereocenters. The van der Waals surface area contributed by atoms with E-state index < -0.39 is 0 Å². The lowest BCUT2D eigenvalue weighted by Gasteiger charge is -2.06. The molecule has 86 valence electrons. The maximum atomic E-state index is 11.8. The van der Waals surface area contributed by atoms with Crippen LogP contribution in [0.1, 0.15) is 6.42 Å². The van der Waals surface area contributed by atoms with E-state index in [1.54, 1.807) is 11.8 Å². The molecule has 1 aliphatic rings. The first-order valence-corrected chi connectivity index (χ1v) is 7.02. The Bertz CT molecular complexity index is 375. The van der Waals surface area contributed by atoms with E-state index in [1.165, 1.54) is 0 Å². The number of Topliss-reactive ketones (excluding diaryl/α,β-unsaturated/α-hetero) is 1. The van der Waals surface area contributed by atoms with Crippen LogP contribution in [-0.2, 0) is 9.53 Å². The molecule has 1 saturated heterocycles. The highest BCUT2D eigenvalue weighted by Gasteiger charge is 2.22. The fourth-order valence-electron chi connectivity index (χ4n) is 1.62. The summed E-state index contributed by atoms with van der Waals surface area (Å²) in [6.07, 6.45) is 0.887. The van der Waals surface area contributed by atoms with E-state index in [-0.39, 0.29) is 5.92 Å². The monoisotopic (exact) mass is 300 g/mol. The quantitative estimate of drug-likeness (QED) is 0.799. The van der Waals surface area contributed by atoms with Gasteiger partial charge in [0.25, 0.3) is 0 Å². The number of hydrogen-bond donors (Lipinski definition) is 0. The smallest absolute Gasteiger partial charge is 0.148 e. The first-order chi connectivity index (χ1) is 7.75. The summed E-state index contributed by atoms with van der Waals surface area (Å²) in [5, 5.41) is 0. The molecule has 1 aliphatic heterocycles. The van der Waals surface area contributed by atoms with Crippen LogP contribution in [0.5, 0.6) is 0 Å². The largest absolute Gasteiger partial charge is 0.381 e. The minimum Gasteiger partial charge on any atom is -0.381 e. The van der Waals surface area contributed by atoms with Crippen LogP contribution >= 0.6 is 27.7 Å². The molecule has 1 fully saturated rings. The number of benzene rings is 1. The van der Waals surface area contributed by atoms with Gasteiger partial charge in [0.1, 0.15) is 5.78 Å². The van der Waals surface area contributed by atoms with E-state index >= 15 is 0 Å². The average molecular weight is 301 g/mol. The standard InChI is InChI=1S/C12H13BrO2S/c13-10-2-1-3-11(6-10)16-8-12(14)9-4-5-15-7-9/h1-3,6,9H,4-5,7-8H2. The van der Waals surface area contributed by atoms with Crippen LogP contribution in [0.25, 0.3) is 0 Å². The molecule has 1 aromatic carbocycles. The predicted molar refractivity (Wildman–Crippen MR) is 68.8 cm³/mol. The number of ketones is 1. The van der Waals surface area contributed by atoms with Gasteiger partial charge in [-0.25, -0.2) is 0 Å². The molecule has 1 unspecified atom stereocenters. The summed E-state index contributed by atoms with van der Waals surface area (Å²) in [4.78, 5) is 12.9. The summed E-state index contributed by atoms with van der Waals surface area (Å²) >= 11 is 5.01. The van der Waals surface area contributed by atoms with Crippen molar-refractivity contribution in [2.75, 3.05) is 19.0 Å². The van der Waals surface area contributed by atoms with Gasteiger partial charge in [-0.1, -0.05) is 22.0 Å². The van der Waals surface area contributed by atoms with Crippen molar-refractivity contribution < 1.29 is 9.53 Å². The summed E-state index contributed by atoms with van der Waals surface area (Å²) in [6.45, 7) is 1.34. The highest BCUT2D eigenvalue weighted by Crippen LogP contribution is 2.24. The van der Waals surface area contributed by atoms with Gasteiger partial charge in [-0.2, -0.15) is 0 Å². The molecule has 0 bridgehead atoms. The van der Waals surface area contributed by atoms with Gasteiger partial charge in [0, 0.05) is 21.9 Å². The molecule has 1 aromatic rings. The van der Waals surface area contributed by atoms with Gasteiger partial charge < -0.3 is 4.74 Å². The van der Waals surface area contributed by atoms with Gasteiger partial charge in [-0.05, 0) is 24.6 Å². The molecule has 4 heteroatoms. The summed E-state index contributed by atoms with van der Waals surface area (Å²) < 4.78 is 6.26. The first kappa shape index (κ1) is 12.1. The van der Waals surface area contributed by atoms with Gasteiger partial charge in [0.15, 0.2) is 0 Å². The first-order valence-electron chi connectivity index (χ1n) is 5.24. The zero-order valence-corrected chi connectivity index (χ0v) is 11.2. The number of rotatable bonds is 4. The average Bonchev–Trinajstić information content (AvgIpc) is 2.79. The fraction of sp³-hybridized carbons (Fsp3) is 0.417. The van der Waals surface area contributed by atoms with Crippen LogP contribution in [0.4, 0.5) is 0 Å². The SMILES string of the molecule is O=C(CSc1cccc(Br)c1)C1CCOC1. The third kappa shape index (κ3) is 3.34. The predicted octanol–water partition coefficient (Wildman–Crippen LogP) is 3.15. The number of thioether (sulfide) groups is 1. The van der Waals surface area contributed by atoms with Gasteiger partial charge in [-0.3, -0.25) is 4.79 Å². The van der Waals surface area contributed by atoms with E-state index in [0.717, 1.165) is 22.4 Å². The number of halogens is 1. The van der Waals surface area contributed by atoms with Crippen molar-refractivity contribution in [3.05, 3.63) is 28.7 Å². The maximum Gasteiger partial charge on any atom is 0.148 e. The molecule has 0 amide bonds. The zero-order chi connectivity index (χ0) is 11.4. The van der Waals surface area contributed by atoms with Crippen LogP contribution in [0.2, 0.25) is 0 Å². The lowest BCUT2D eigenvalue weighted by atomic mass is 10.1.